The largest absolute Gasteiger partial charge is 0.348 e. The maximum atomic E-state index is 11.8. The minimum atomic E-state index is -1.37. The molecule has 1 rings (SSSR count). The van der Waals surface area contributed by atoms with E-state index in [4.69, 9.17) is 32.7 Å². The number of Topliss-reactive ketones (excluding diaryl/α,β-unsaturated/α-hetero) is 1. The fourth-order valence-corrected chi connectivity index (χ4v) is 2.43. The summed E-state index contributed by atoms with van der Waals surface area (Å²) in [6.07, 6.45) is 3.12. The van der Waals surface area contributed by atoms with Crippen LogP contribution in [0.5, 0.6) is 0 Å². The van der Waals surface area contributed by atoms with Crippen LogP contribution in [0.15, 0.2) is 23.8 Å². The fourth-order valence-electron chi connectivity index (χ4n) is 1.65. The van der Waals surface area contributed by atoms with Crippen LogP contribution >= 0.6 is 23.2 Å². The Kier molecular flexibility index (Phi) is 3.61. The smallest absolute Gasteiger partial charge is 0.216 e. The summed E-state index contributed by atoms with van der Waals surface area (Å²) in [5.41, 5.74) is 0. The molecule has 0 radical (unpaired) electrons. The van der Waals surface area contributed by atoms with E-state index in [9.17, 15) is 4.79 Å². The lowest BCUT2D eigenvalue weighted by molar-refractivity contribution is -0.189. The molecule has 5 heteroatoms. The van der Waals surface area contributed by atoms with Gasteiger partial charge in [-0.3, -0.25) is 4.79 Å². The summed E-state index contributed by atoms with van der Waals surface area (Å²) < 4.78 is 10.3. The van der Waals surface area contributed by atoms with Crippen molar-refractivity contribution in [3.8, 4) is 0 Å². The average Bonchev–Trinajstić information content (AvgIpc) is 2.41. The lowest BCUT2D eigenvalue weighted by Gasteiger charge is -2.36. The minimum Gasteiger partial charge on any atom is -0.348 e. The molecule has 0 saturated heterocycles. The number of rotatable bonds is 4. The van der Waals surface area contributed by atoms with Crippen molar-refractivity contribution in [3.63, 3.8) is 0 Å². The normalized spacial score (nSPS) is 29.1. The lowest BCUT2D eigenvalue weighted by Crippen LogP contribution is -2.52. The Morgan fingerprint density at radius 1 is 1.53 bits per heavy atom. The first-order valence-corrected chi connectivity index (χ1v) is 5.06. The summed E-state index contributed by atoms with van der Waals surface area (Å²) in [5.74, 6) is -1.73. The molecule has 0 N–H and O–H groups in total. The van der Waals surface area contributed by atoms with Crippen LogP contribution in [0.3, 0.4) is 0 Å². The molecule has 1 unspecified atom stereocenters. The van der Waals surface area contributed by atoms with Gasteiger partial charge in [-0.1, -0.05) is 17.7 Å². The van der Waals surface area contributed by atoms with Gasteiger partial charge in [0.05, 0.1) is 5.03 Å². The molecule has 1 aliphatic carbocycles. The zero-order valence-electron chi connectivity index (χ0n) is 8.55. The topological polar surface area (TPSA) is 35.5 Å². The van der Waals surface area contributed by atoms with Crippen molar-refractivity contribution >= 4 is 29.0 Å². The summed E-state index contributed by atoms with van der Waals surface area (Å²) in [6.45, 7) is 3.55. The number of hydrogen-bond donors (Lipinski definition) is 0. The molecule has 0 aromatic carbocycles. The molecular weight excluding hydrogens is 239 g/mol. The van der Waals surface area contributed by atoms with Gasteiger partial charge < -0.3 is 9.47 Å². The zero-order chi connectivity index (χ0) is 11.7. The minimum absolute atomic E-state index is 0.0237. The zero-order valence-corrected chi connectivity index (χ0v) is 10.1. The molecule has 0 spiro atoms. The van der Waals surface area contributed by atoms with Gasteiger partial charge in [-0.15, -0.1) is 18.2 Å². The van der Waals surface area contributed by atoms with Crippen LogP contribution < -0.4 is 0 Å². The predicted molar refractivity (Wildman–Crippen MR) is 59.1 cm³/mol. The van der Waals surface area contributed by atoms with Crippen LogP contribution in [0.1, 0.15) is 6.42 Å². The first-order valence-electron chi connectivity index (χ1n) is 4.30. The highest BCUT2D eigenvalue weighted by molar-refractivity contribution is 6.52. The van der Waals surface area contributed by atoms with Crippen LogP contribution in [0.4, 0.5) is 0 Å². The molecule has 0 aromatic rings. The van der Waals surface area contributed by atoms with E-state index in [1.807, 2.05) is 0 Å². The number of hydrogen-bond acceptors (Lipinski definition) is 3. The van der Waals surface area contributed by atoms with E-state index in [1.165, 1.54) is 26.4 Å². The first kappa shape index (κ1) is 12.7. The summed E-state index contributed by atoms with van der Waals surface area (Å²) >= 11 is 12.0. The first-order chi connectivity index (χ1) is 6.97. The fraction of sp³-hybridized carbons (Fsp3) is 0.500. The monoisotopic (exact) mass is 250 g/mol. The second-order valence-corrected chi connectivity index (χ2v) is 4.24. The van der Waals surface area contributed by atoms with Gasteiger partial charge in [-0.25, -0.2) is 0 Å². The Morgan fingerprint density at radius 3 is 2.47 bits per heavy atom. The van der Waals surface area contributed by atoms with Crippen LogP contribution in [0.2, 0.25) is 0 Å². The van der Waals surface area contributed by atoms with Crippen LogP contribution in [0, 0.1) is 0 Å². The molecule has 3 nitrogen and oxygen atoms in total. The van der Waals surface area contributed by atoms with Crippen LogP contribution in [-0.2, 0) is 14.3 Å². The Bertz CT molecular complexity index is 321. The molecule has 0 aromatic heterocycles. The number of alkyl halides is 1. The number of ether oxygens (including phenoxy) is 2. The summed E-state index contributed by atoms with van der Waals surface area (Å²) in [4.78, 5) is 10.4. The molecule has 0 saturated carbocycles. The Labute approximate surface area is 98.6 Å². The van der Waals surface area contributed by atoms with Gasteiger partial charge in [0.1, 0.15) is 0 Å². The average molecular weight is 251 g/mol. The third-order valence-corrected chi connectivity index (χ3v) is 3.35. The third kappa shape index (κ3) is 1.64. The van der Waals surface area contributed by atoms with Crippen LogP contribution in [0.25, 0.3) is 0 Å². The number of carbonyl (C=O) groups excluding carboxylic acids is 1. The SMILES string of the molecule is C=CCC1(Cl)C(=O)C(Cl)=CC1(OC)OC. The van der Waals surface area contributed by atoms with Crippen LogP contribution in [-0.4, -0.2) is 30.7 Å². The summed E-state index contributed by atoms with van der Waals surface area (Å²) in [7, 11) is 2.81. The van der Waals surface area contributed by atoms with Crippen molar-refractivity contribution in [1.82, 2.24) is 0 Å². The number of methoxy groups -OCH3 is 2. The summed E-state index contributed by atoms with van der Waals surface area (Å²) in [5, 5.41) is 0.0237. The van der Waals surface area contributed by atoms with Gasteiger partial charge in [-0.05, 0) is 12.5 Å². The number of halogens is 2. The summed E-state index contributed by atoms with van der Waals surface area (Å²) in [6, 6.07) is 0. The molecule has 0 bridgehead atoms. The van der Waals surface area contributed by atoms with E-state index in [0.29, 0.717) is 0 Å². The second-order valence-electron chi connectivity index (χ2n) is 3.19. The molecule has 0 aliphatic heterocycles. The lowest BCUT2D eigenvalue weighted by atomic mass is 9.95. The van der Waals surface area contributed by atoms with Gasteiger partial charge in [0, 0.05) is 14.2 Å². The van der Waals surface area contributed by atoms with Gasteiger partial charge in [0.25, 0.3) is 0 Å². The van der Waals surface area contributed by atoms with E-state index in [1.54, 1.807) is 0 Å². The molecule has 15 heavy (non-hydrogen) atoms. The highest BCUT2D eigenvalue weighted by Crippen LogP contribution is 2.46. The van der Waals surface area contributed by atoms with E-state index in [2.05, 4.69) is 6.58 Å². The van der Waals surface area contributed by atoms with Gasteiger partial charge in [0.2, 0.25) is 11.6 Å². The molecule has 1 aliphatic rings. The number of carbonyl (C=O) groups is 1. The van der Waals surface area contributed by atoms with Crippen molar-refractivity contribution < 1.29 is 14.3 Å². The highest BCUT2D eigenvalue weighted by atomic mass is 35.5. The van der Waals surface area contributed by atoms with E-state index < -0.39 is 16.4 Å². The molecule has 0 fully saturated rings. The highest BCUT2D eigenvalue weighted by Gasteiger charge is 2.60. The molecule has 0 heterocycles. The Morgan fingerprint density at radius 2 is 2.07 bits per heavy atom. The van der Waals surface area contributed by atoms with Crippen molar-refractivity contribution in [2.45, 2.75) is 17.1 Å². The molecule has 84 valence electrons. The molecular formula is C10H12Cl2O3. The predicted octanol–water partition coefficient (Wildman–Crippen LogP) is 2.23. The number of ketones is 1. The van der Waals surface area contributed by atoms with Crippen molar-refractivity contribution in [2.75, 3.05) is 14.2 Å². The van der Waals surface area contributed by atoms with E-state index in [-0.39, 0.29) is 11.5 Å². The van der Waals surface area contributed by atoms with E-state index in [0.717, 1.165) is 0 Å². The third-order valence-electron chi connectivity index (χ3n) is 2.48. The number of allylic oxidation sites excluding steroid dienone is 2. The van der Waals surface area contributed by atoms with Crippen molar-refractivity contribution in [3.05, 3.63) is 23.8 Å². The standard InChI is InChI=1S/C10H12Cl2O3/c1-4-5-9(12)8(13)7(11)6-10(9,14-2)15-3/h4,6H,1,5H2,2-3H3. The second kappa shape index (κ2) is 4.26. The van der Waals surface area contributed by atoms with Gasteiger partial charge in [0.15, 0.2) is 4.87 Å². The van der Waals surface area contributed by atoms with E-state index >= 15 is 0 Å². The molecule has 0 amide bonds. The quantitative estimate of drug-likeness (QED) is 0.436. The maximum absolute atomic E-state index is 11.8. The Balaban J connectivity index is 3.24. The van der Waals surface area contributed by atoms with Crippen molar-refractivity contribution in [2.24, 2.45) is 0 Å². The van der Waals surface area contributed by atoms with Gasteiger partial charge in [-0.2, -0.15) is 0 Å². The maximum Gasteiger partial charge on any atom is 0.216 e. The van der Waals surface area contributed by atoms with Crippen molar-refractivity contribution in [1.29, 1.82) is 0 Å². The molecule has 1 atom stereocenters. The Hall–Kier alpha value is -0.350. The van der Waals surface area contributed by atoms with Gasteiger partial charge >= 0.3 is 0 Å².